The summed E-state index contributed by atoms with van der Waals surface area (Å²) in [4.78, 5) is 10.6. The van der Waals surface area contributed by atoms with Gasteiger partial charge >= 0.3 is 12.7 Å². The summed E-state index contributed by atoms with van der Waals surface area (Å²) >= 11 is 0. The van der Waals surface area contributed by atoms with Crippen molar-refractivity contribution in [2.75, 3.05) is 0 Å². The second-order valence-corrected chi connectivity index (χ2v) is 6.10. The predicted octanol–water partition coefficient (Wildman–Crippen LogP) is 6.67. The van der Waals surface area contributed by atoms with E-state index in [2.05, 4.69) is 9.47 Å². The maximum atomic E-state index is 14.8. The van der Waals surface area contributed by atoms with Crippen LogP contribution < -0.4 is 18.9 Å². The van der Waals surface area contributed by atoms with E-state index in [9.17, 15) is 35.5 Å². The van der Waals surface area contributed by atoms with Crippen LogP contribution in [0.3, 0.4) is 0 Å². The first-order valence-electron chi connectivity index (χ1n) is 8.71. The summed E-state index contributed by atoms with van der Waals surface area (Å²) in [5, 5.41) is 0. The summed E-state index contributed by atoms with van der Waals surface area (Å²) in [6.07, 6.45) is -8.52. The van der Waals surface area contributed by atoms with Crippen molar-refractivity contribution < 1.29 is 54.5 Å². The van der Waals surface area contributed by atoms with E-state index in [-0.39, 0.29) is 17.1 Å². The SMILES string of the molecule is O=[C]c1ccc(Oc2c(Oc3ccc(OC(F)(F)F)cc3)ccc(OC(F)(F)F)c2F)cc1. The van der Waals surface area contributed by atoms with Crippen LogP contribution in [-0.2, 0) is 4.79 Å². The molecule has 0 spiro atoms. The van der Waals surface area contributed by atoms with Gasteiger partial charge in [0.15, 0.2) is 11.5 Å². The molecule has 12 heteroatoms. The third-order valence-corrected chi connectivity index (χ3v) is 3.73. The maximum Gasteiger partial charge on any atom is 0.573 e. The van der Waals surface area contributed by atoms with Gasteiger partial charge in [-0.3, -0.25) is 4.79 Å². The van der Waals surface area contributed by atoms with E-state index in [1.807, 2.05) is 0 Å². The monoisotopic (exact) mass is 475 g/mol. The van der Waals surface area contributed by atoms with E-state index in [0.29, 0.717) is 6.07 Å². The van der Waals surface area contributed by atoms with Gasteiger partial charge in [0, 0.05) is 5.56 Å². The molecule has 0 saturated carbocycles. The second kappa shape index (κ2) is 9.27. The van der Waals surface area contributed by atoms with Gasteiger partial charge in [0.2, 0.25) is 17.9 Å². The number of alkyl halides is 6. The van der Waals surface area contributed by atoms with Crippen LogP contribution in [0.2, 0.25) is 0 Å². The molecular formula is C21H10F7O5. The minimum atomic E-state index is -5.20. The van der Waals surface area contributed by atoms with Crippen LogP contribution in [0.15, 0.2) is 60.7 Å². The van der Waals surface area contributed by atoms with Gasteiger partial charge in [-0.25, -0.2) is 0 Å². The molecule has 0 amide bonds. The van der Waals surface area contributed by atoms with E-state index in [1.165, 1.54) is 24.3 Å². The number of rotatable bonds is 7. The number of benzene rings is 3. The van der Waals surface area contributed by atoms with E-state index in [1.54, 1.807) is 6.29 Å². The molecule has 0 atom stereocenters. The van der Waals surface area contributed by atoms with Crippen molar-refractivity contribution in [3.05, 3.63) is 72.0 Å². The molecule has 3 rings (SSSR count). The lowest BCUT2D eigenvalue weighted by Gasteiger charge is -2.16. The molecule has 5 nitrogen and oxygen atoms in total. The molecule has 0 heterocycles. The summed E-state index contributed by atoms with van der Waals surface area (Å²) in [6, 6.07) is 10.4. The van der Waals surface area contributed by atoms with Crippen molar-refractivity contribution in [3.63, 3.8) is 0 Å². The Labute approximate surface area is 180 Å². The van der Waals surface area contributed by atoms with Gasteiger partial charge in [0.05, 0.1) is 0 Å². The molecule has 0 saturated heterocycles. The molecule has 0 aliphatic rings. The fourth-order valence-electron chi connectivity index (χ4n) is 2.44. The third-order valence-electron chi connectivity index (χ3n) is 3.73. The van der Waals surface area contributed by atoms with Gasteiger partial charge in [-0.05, 0) is 60.7 Å². The van der Waals surface area contributed by atoms with E-state index in [4.69, 9.17) is 9.47 Å². The predicted molar refractivity (Wildman–Crippen MR) is 97.6 cm³/mol. The highest BCUT2D eigenvalue weighted by Gasteiger charge is 2.34. The average molecular weight is 475 g/mol. The molecule has 3 aromatic rings. The van der Waals surface area contributed by atoms with E-state index < -0.39 is 41.5 Å². The minimum absolute atomic E-state index is 0.0733. The van der Waals surface area contributed by atoms with Crippen LogP contribution in [0, 0.1) is 5.82 Å². The Kier molecular flexibility index (Phi) is 6.65. The Balaban J connectivity index is 1.93. The Morgan fingerprint density at radius 1 is 0.606 bits per heavy atom. The van der Waals surface area contributed by atoms with Crippen LogP contribution in [0.1, 0.15) is 5.56 Å². The molecule has 0 N–H and O–H groups in total. The fourth-order valence-corrected chi connectivity index (χ4v) is 2.44. The van der Waals surface area contributed by atoms with Crippen LogP contribution >= 0.6 is 0 Å². The molecule has 0 bridgehead atoms. The molecule has 33 heavy (non-hydrogen) atoms. The molecule has 0 unspecified atom stereocenters. The Morgan fingerprint density at radius 2 is 1.09 bits per heavy atom. The van der Waals surface area contributed by atoms with E-state index in [0.717, 1.165) is 30.3 Å². The van der Waals surface area contributed by atoms with Crippen molar-refractivity contribution in [1.29, 1.82) is 0 Å². The zero-order valence-corrected chi connectivity index (χ0v) is 16.0. The van der Waals surface area contributed by atoms with Gasteiger partial charge in [-0.2, -0.15) is 4.39 Å². The van der Waals surface area contributed by atoms with Crippen molar-refractivity contribution in [3.8, 4) is 34.5 Å². The first-order chi connectivity index (χ1) is 15.4. The first-order valence-corrected chi connectivity index (χ1v) is 8.71. The zero-order chi connectivity index (χ0) is 24.2. The Hall–Kier alpha value is -3.96. The van der Waals surface area contributed by atoms with Gasteiger partial charge in [0.1, 0.15) is 17.2 Å². The number of hydrogen-bond donors (Lipinski definition) is 0. The normalized spacial score (nSPS) is 11.6. The van der Waals surface area contributed by atoms with Crippen LogP contribution in [0.25, 0.3) is 0 Å². The highest BCUT2D eigenvalue weighted by molar-refractivity contribution is 5.75. The summed E-state index contributed by atoms with van der Waals surface area (Å²) in [5.74, 6) is -4.74. The lowest BCUT2D eigenvalue weighted by molar-refractivity contribution is -0.276. The highest BCUT2D eigenvalue weighted by atomic mass is 19.4. The van der Waals surface area contributed by atoms with Gasteiger partial charge < -0.3 is 18.9 Å². The molecule has 0 aliphatic carbocycles. The second-order valence-electron chi connectivity index (χ2n) is 6.10. The third kappa shape index (κ3) is 6.76. The standard InChI is InChI=1S/C21H10F7O5/c22-18-16(33-21(26,27)28)9-10-17(19(18)31-14-3-1-12(11-29)2-4-14)30-13-5-7-15(8-6-13)32-20(23,24)25/h1-10H. The molecule has 0 aliphatic heterocycles. The van der Waals surface area contributed by atoms with Gasteiger partial charge in [-0.1, -0.05) is 0 Å². The highest BCUT2D eigenvalue weighted by Crippen LogP contribution is 2.42. The number of carbonyl (C=O) groups excluding carboxylic acids is 1. The largest absolute Gasteiger partial charge is 0.573 e. The first kappa shape index (κ1) is 23.7. The molecule has 0 fully saturated rings. The lowest BCUT2D eigenvalue weighted by Crippen LogP contribution is -2.18. The molecule has 0 aromatic heterocycles. The fraction of sp³-hybridized carbons (Fsp3) is 0.0952. The molecule has 3 aromatic carbocycles. The van der Waals surface area contributed by atoms with Gasteiger partial charge in [0.25, 0.3) is 0 Å². The maximum absolute atomic E-state index is 14.8. The zero-order valence-electron chi connectivity index (χ0n) is 16.0. The molecule has 1 radical (unpaired) electrons. The van der Waals surface area contributed by atoms with Crippen molar-refractivity contribution in [1.82, 2.24) is 0 Å². The quantitative estimate of drug-likeness (QED) is 0.358. The smallest absolute Gasteiger partial charge is 0.453 e. The number of ether oxygens (including phenoxy) is 4. The number of hydrogen-bond acceptors (Lipinski definition) is 5. The number of halogens is 7. The van der Waals surface area contributed by atoms with Crippen LogP contribution in [0.4, 0.5) is 30.7 Å². The summed E-state index contributed by atoms with van der Waals surface area (Å²) in [7, 11) is 0. The van der Waals surface area contributed by atoms with Gasteiger partial charge in [-0.15, -0.1) is 26.3 Å². The average Bonchev–Trinajstić information content (AvgIpc) is 2.72. The molecule has 173 valence electrons. The Morgan fingerprint density at radius 3 is 1.64 bits per heavy atom. The van der Waals surface area contributed by atoms with Crippen molar-refractivity contribution in [2.24, 2.45) is 0 Å². The summed E-state index contributed by atoms with van der Waals surface area (Å²) in [6.45, 7) is 0. The molecular weight excluding hydrogens is 465 g/mol. The minimum Gasteiger partial charge on any atom is -0.453 e. The Bertz CT molecular complexity index is 1110. The topological polar surface area (TPSA) is 54.0 Å². The van der Waals surface area contributed by atoms with Crippen LogP contribution in [-0.4, -0.2) is 19.0 Å². The van der Waals surface area contributed by atoms with Crippen molar-refractivity contribution in [2.45, 2.75) is 12.7 Å². The van der Waals surface area contributed by atoms with Crippen molar-refractivity contribution >= 4 is 6.29 Å². The summed E-state index contributed by atoms with van der Waals surface area (Å²) in [5.41, 5.74) is 0.134. The summed E-state index contributed by atoms with van der Waals surface area (Å²) < 4.78 is 107. The van der Waals surface area contributed by atoms with E-state index >= 15 is 0 Å². The lowest BCUT2D eigenvalue weighted by atomic mass is 10.2. The van der Waals surface area contributed by atoms with Crippen LogP contribution in [0.5, 0.6) is 34.5 Å².